The molecule has 2 fully saturated rings. The van der Waals surface area contributed by atoms with E-state index >= 15 is 0 Å². The van der Waals surface area contributed by atoms with Crippen LogP contribution in [0.3, 0.4) is 0 Å². The van der Waals surface area contributed by atoms with Crippen molar-refractivity contribution < 1.29 is 78.9 Å². The molecule has 0 aliphatic carbocycles. The highest BCUT2D eigenvalue weighted by Crippen LogP contribution is 2.51. The molecule has 0 amide bonds. The molecule has 13 unspecified atom stereocenters. The number of esters is 2. The van der Waals surface area contributed by atoms with E-state index in [1.165, 1.54) is 12.1 Å². The van der Waals surface area contributed by atoms with Crippen LogP contribution < -0.4 is 0 Å². The van der Waals surface area contributed by atoms with Crippen LogP contribution >= 0.6 is 0 Å². The number of aromatic hydroxyl groups is 2. The Hall–Kier alpha value is -3.42. The number of carbonyl (C=O) groups excluding carboxylic acids is 2. The number of phenols is 2. The summed E-state index contributed by atoms with van der Waals surface area (Å²) in [4.78, 5) is 25.3. The van der Waals surface area contributed by atoms with E-state index < -0.39 is 97.9 Å². The number of hydrogen-bond acceptors (Lipinski definition) is 16. The third-order valence-corrected chi connectivity index (χ3v) is 10.6. The van der Waals surface area contributed by atoms with Crippen molar-refractivity contribution in [2.24, 2.45) is 11.8 Å². The molecule has 13 atom stereocenters. The Balaban J connectivity index is 1.51. The van der Waals surface area contributed by atoms with Gasteiger partial charge in [0.25, 0.3) is 0 Å². The molecular weight excluding hydrogens is 748 g/mol. The van der Waals surface area contributed by atoms with Crippen molar-refractivity contribution >= 4 is 11.9 Å². The van der Waals surface area contributed by atoms with Gasteiger partial charge < -0.3 is 69.3 Å². The smallest absolute Gasteiger partial charge is 0.331 e. The number of unbranched alkanes of at least 4 members (excludes halogenated alkanes) is 1. The summed E-state index contributed by atoms with van der Waals surface area (Å²) in [5, 5.41) is 86.1. The van der Waals surface area contributed by atoms with Gasteiger partial charge in [-0.3, -0.25) is 4.79 Å². The topological polar surface area (TPSA) is 251 Å². The number of fused-ring (bicyclic) bond motifs is 2. The van der Waals surface area contributed by atoms with Crippen molar-refractivity contribution in [3.63, 3.8) is 0 Å². The van der Waals surface area contributed by atoms with E-state index in [4.69, 9.17) is 28.4 Å². The Morgan fingerprint density at radius 2 is 1.75 bits per heavy atom. The highest BCUT2D eigenvalue weighted by Gasteiger charge is 2.63. The minimum absolute atomic E-state index is 0.0491. The first-order valence-electron chi connectivity index (χ1n) is 19.7. The summed E-state index contributed by atoms with van der Waals surface area (Å²) in [6.45, 7) is 6.41. The maximum Gasteiger partial charge on any atom is 0.331 e. The lowest BCUT2D eigenvalue weighted by molar-refractivity contribution is -0.395. The maximum atomic E-state index is 13.3. The summed E-state index contributed by atoms with van der Waals surface area (Å²) in [7, 11) is 0. The van der Waals surface area contributed by atoms with Crippen molar-refractivity contribution in [3.05, 3.63) is 59.7 Å². The molecule has 4 rings (SSSR count). The molecule has 16 heteroatoms. The van der Waals surface area contributed by atoms with Gasteiger partial charge in [-0.25, -0.2) is 4.79 Å². The fraction of sp³-hybridized carbons (Fsp3) is 0.659. The average molecular weight is 809 g/mol. The van der Waals surface area contributed by atoms with E-state index in [0.717, 1.165) is 37.8 Å². The number of aliphatic hydroxyl groups excluding tert-OH is 6. The molecule has 1 aromatic carbocycles. The van der Waals surface area contributed by atoms with Crippen LogP contribution in [-0.4, -0.2) is 127 Å². The Morgan fingerprint density at radius 1 is 1.00 bits per heavy atom. The van der Waals surface area contributed by atoms with Gasteiger partial charge in [-0.05, 0) is 55.6 Å². The van der Waals surface area contributed by atoms with Crippen molar-refractivity contribution in [2.75, 3.05) is 13.2 Å². The van der Waals surface area contributed by atoms with Gasteiger partial charge in [0.2, 0.25) is 5.79 Å². The second-order valence-electron chi connectivity index (χ2n) is 15.0. The summed E-state index contributed by atoms with van der Waals surface area (Å²) in [5.41, 5.74) is 0.136. The Kier molecular flexibility index (Phi) is 17.5. The molecule has 1 aromatic rings. The number of phenolic OH excluding ortho intramolecular Hbond substituents is 2. The van der Waals surface area contributed by atoms with Crippen LogP contribution in [0.25, 0.3) is 0 Å². The second-order valence-corrected chi connectivity index (χ2v) is 15.0. The lowest BCUT2D eigenvalue weighted by Gasteiger charge is -2.50. The van der Waals surface area contributed by atoms with Gasteiger partial charge in [-0.15, -0.1) is 0 Å². The number of aliphatic hydroxyl groups is 6. The summed E-state index contributed by atoms with van der Waals surface area (Å²) in [6.07, 6.45) is -1.46. The maximum absolute atomic E-state index is 13.3. The molecule has 0 aromatic heterocycles. The van der Waals surface area contributed by atoms with E-state index in [9.17, 15) is 50.4 Å². The zero-order chi connectivity index (χ0) is 41.9. The van der Waals surface area contributed by atoms with E-state index in [2.05, 4.69) is 26.0 Å². The van der Waals surface area contributed by atoms with Gasteiger partial charge in [-0.1, -0.05) is 64.5 Å². The van der Waals surface area contributed by atoms with Crippen LogP contribution in [0.2, 0.25) is 0 Å². The monoisotopic (exact) mass is 808 g/mol. The third kappa shape index (κ3) is 11.6. The van der Waals surface area contributed by atoms with E-state index in [1.54, 1.807) is 19.1 Å². The Morgan fingerprint density at radius 3 is 2.46 bits per heavy atom. The molecule has 3 aliphatic heterocycles. The largest absolute Gasteiger partial charge is 0.508 e. The first-order chi connectivity index (χ1) is 27.2. The quantitative estimate of drug-likeness (QED) is 0.0328. The van der Waals surface area contributed by atoms with Crippen LogP contribution in [0.4, 0.5) is 0 Å². The number of ether oxygens (including phenoxy) is 6. The van der Waals surface area contributed by atoms with Crippen molar-refractivity contribution in [3.8, 4) is 11.5 Å². The standard InChI is InChI=1S/C41H60O16/c1-5-13-31(46)52-22-30-34(48)35(49)36(50)40(54-30)56-37-29(20-42)57-41(33-25(21-53-41)18-26(43)19-28(33)45)39(51)38(37)55-32(47)17-12-8-11-16-27(44)24(4)15-10-7-9-14-23(3)6-2/h8-9,11-12,14,17-19,23-24,27,29-30,34-40,42-45,48-51H,5-7,10,13,15-16,20-22H2,1-4H3/b11-8+,14-9+,17-12+. The number of benzene rings is 1. The first-order valence-corrected chi connectivity index (χ1v) is 19.7. The van der Waals surface area contributed by atoms with Crippen LogP contribution in [0.5, 0.6) is 11.5 Å². The van der Waals surface area contributed by atoms with Gasteiger partial charge in [0.15, 0.2) is 18.5 Å². The fourth-order valence-electron chi connectivity index (χ4n) is 7.00. The molecule has 8 N–H and O–H groups in total. The van der Waals surface area contributed by atoms with Gasteiger partial charge in [0.1, 0.15) is 54.7 Å². The Bertz CT molecular complexity index is 1550. The zero-order valence-electron chi connectivity index (χ0n) is 33.0. The Labute approximate surface area is 332 Å². The molecule has 2 saturated heterocycles. The lowest BCUT2D eigenvalue weighted by atomic mass is 9.86. The molecular formula is C41H60O16. The first kappa shape index (κ1) is 46.3. The predicted molar refractivity (Wildman–Crippen MR) is 202 cm³/mol. The van der Waals surface area contributed by atoms with Gasteiger partial charge in [0, 0.05) is 18.6 Å². The van der Waals surface area contributed by atoms with Crippen molar-refractivity contribution in [2.45, 2.75) is 146 Å². The normalized spacial score (nSPS) is 31.9. The summed E-state index contributed by atoms with van der Waals surface area (Å²) in [6, 6.07) is 2.28. The number of rotatable bonds is 19. The molecule has 0 saturated carbocycles. The highest BCUT2D eigenvalue weighted by atomic mass is 16.8. The number of hydrogen-bond donors (Lipinski definition) is 8. The molecule has 16 nitrogen and oxygen atoms in total. The van der Waals surface area contributed by atoms with Crippen molar-refractivity contribution in [1.82, 2.24) is 0 Å². The van der Waals surface area contributed by atoms with Gasteiger partial charge in [-0.2, -0.15) is 0 Å². The highest BCUT2D eigenvalue weighted by molar-refractivity contribution is 5.82. The van der Waals surface area contributed by atoms with Crippen LogP contribution in [0.1, 0.15) is 83.8 Å². The average Bonchev–Trinajstić information content (AvgIpc) is 3.55. The van der Waals surface area contributed by atoms with Gasteiger partial charge >= 0.3 is 11.9 Å². The van der Waals surface area contributed by atoms with Crippen LogP contribution in [0.15, 0.2) is 48.6 Å². The number of carbonyl (C=O) groups is 2. The van der Waals surface area contributed by atoms with E-state index in [1.807, 2.05) is 6.92 Å². The summed E-state index contributed by atoms with van der Waals surface area (Å²) < 4.78 is 34.5. The minimum Gasteiger partial charge on any atom is -0.508 e. The SMILES string of the molecule is CCCC(=O)OCC1OC(OC2C(CO)OC3(OCc4cc(O)cc(O)c43)C(O)C2OC(=O)/C=C/C=C/CC(O)C(C)CCC/C=C/C(C)CC)C(O)C(O)C1O. The number of allylic oxidation sites excluding steroid dienone is 4. The molecule has 1 spiro atoms. The zero-order valence-corrected chi connectivity index (χ0v) is 33.0. The minimum atomic E-state index is -2.25. The molecule has 57 heavy (non-hydrogen) atoms. The molecule has 0 bridgehead atoms. The van der Waals surface area contributed by atoms with Crippen molar-refractivity contribution in [1.29, 1.82) is 0 Å². The predicted octanol–water partition coefficient (Wildman–Crippen LogP) is 2.25. The van der Waals surface area contributed by atoms with E-state index in [0.29, 0.717) is 18.8 Å². The summed E-state index contributed by atoms with van der Waals surface area (Å²) in [5.74, 6) is -4.07. The van der Waals surface area contributed by atoms with Gasteiger partial charge in [0.05, 0.1) is 24.9 Å². The van der Waals surface area contributed by atoms with Crippen LogP contribution in [0, 0.1) is 11.8 Å². The fourth-order valence-corrected chi connectivity index (χ4v) is 7.00. The summed E-state index contributed by atoms with van der Waals surface area (Å²) >= 11 is 0. The molecule has 0 radical (unpaired) electrons. The molecule has 3 heterocycles. The molecule has 3 aliphatic rings. The van der Waals surface area contributed by atoms with E-state index in [-0.39, 0.29) is 35.8 Å². The molecule has 320 valence electrons. The lowest BCUT2D eigenvalue weighted by Crippen LogP contribution is -2.67. The van der Waals surface area contributed by atoms with Crippen LogP contribution in [-0.2, 0) is 50.4 Å². The second kappa shape index (κ2) is 21.5. The third-order valence-electron chi connectivity index (χ3n) is 10.6.